The van der Waals surface area contributed by atoms with E-state index in [0.717, 1.165) is 12.0 Å². The molecule has 0 fully saturated rings. The van der Waals surface area contributed by atoms with E-state index in [4.69, 9.17) is 0 Å². The molecule has 1 nitrogen and oxygen atoms in total. The second-order valence-corrected chi connectivity index (χ2v) is 4.38. The van der Waals surface area contributed by atoms with Gasteiger partial charge in [0.05, 0.1) is 6.10 Å². The van der Waals surface area contributed by atoms with Gasteiger partial charge in [-0.1, -0.05) is 50.3 Å². The van der Waals surface area contributed by atoms with Crippen LogP contribution in [0, 0.1) is 11.8 Å². The SMILES string of the molecule is C=C[C@@H](CC(C)C)[C@@H](O)c1ccccc1. The first kappa shape index (κ1) is 12.0. The highest BCUT2D eigenvalue weighted by molar-refractivity contribution is 5.19. The van der Waals surface area contributed by atoms with Crippen molar-refractivity contribution in [2.75, 3.05) is 0 Å². The van der Waals surface area contributed by atoms with Gasteiger partial charge in [0.15, 0.2) is 0 Å². The summed E-state index contributed by atoms with van der Waals surface area (Å²) in [6.45, 7) is 8.12. The van der Waals surface area contributed by atoms with Crippen LogP contribution in [-0.2, 0) is 0 Å². The molecule has 15 heavy (non-hydrogen) atoms. The quantitative estimate of drug-likeness (QED) is 0.727. The Morgan fingerprint density at radius 1 is 1.27 bits per heavy atom. The maximum atomic E-state index is 10.2. The van der Waals surface area contributed by atoms with Gasteiger partial charge in [0.1, 0.15) is 0 Å². The molecular formula is C14H20O. The average molecular weight is 204 g/mol. The lowest BCUT2D eigenvalue weighted by Crippen LogP contribution is -2.12. The smallest absolute Gasteiger partial charge is 0.0852 e. The molecule has 82 valence electrons. The van der Waals surface area contributed by atoms with Crippen LogP contribution in [0.15, 0.2) is 43.0 Å². The van der Waals surface area contributed by atoms with Crippen molar-refractivity contribution in [3.8, 4) is 0 Å². The van der Waals surface area contributed by atoms with Crippen LogP contribution in [0.5, 0.6) is 0 Å². The first-order chi connectivity index (χ1) is 7.15. The highest BCUT2D eigenvalue weighted by atomic mass is 16.3. The number of aliphatic hydroxyl groups is 1. The van der Waals surface area contributed by atoms with E-state index in [1.165, 1.54) is 0 Å². The largest absolute Gasteiger partial charge is 0.388 e. The zero-order valence-corrected chi connectivity index (χ0v) is 9.56. The summed E-state index contributed by atoms with van der Waals surface area (Å²) in [5.74, 6) is 0.721. The number of hydrogen-bond donors (Lipinski definition) is 1. The second-order valence-electron chi connectivity index (χ2n) is 4.38. The van der Waals surface area contributed by atoms with E-state index in [0.29, 0.717) is 5.92 Å². The lowest BCUT2D eigenvalue weighted by atomic mass is 9.88. The zero-order chi connectivity index (χ0) is 11.3. The van der Waals surface area contributed by atoms with Gasteiger partial charge >= 0.3 is 0 Å². The normalized spacial score (nSPS) is 14.9. The molecular weight excluding hydrogens is 184 g/mol. The molecule has 2 atom stereocenters. The highest BCUT2D eigenvalue weighted by Crippen LogP contribution is 2.27. The molecule has 0 aliphatic heterocycles. The Morgan fingerprint density at radius 2 is 1.87 bits per heavy atom. The summed E-state index contributed by atoms with van der Waals surface area (Å²) in [4.78, 5) is 0. The Balaban J connectivity index is 2.73. The van der Waals surface area contributed by atoms with Crippen molar-refractivity contribution in [1.29, 1.82) is 0 Å². The van der Waals surface area contributed by atoms with Gasteiger partial charge < -0.3 is 5.11 Å². The second kappa shape index (κ2) is 5.72. The Hall–Kier alpha value is -1.08. The van der Waals surface area contributed by atoms with E-state index in [1.807, 2.05) is 36.4 Å². The maximum Gasteiger partial charge on any atom is 0.0852 e. The third kappa shape index (κ3) is 3.52. The van der Waals surface area contributed by atoms with Crippen LogP contribution in [-0.4, -0.2) is 5.11 Å². The first-order valence-electron chi connectivity index (χ1n) is 5.50. The fourth-order valence-electron chi connectivity index (χ4n) is 1.80. The number of hydrogen-bond acceptors (Lipinski definition) is 1. The lowest BCUT2D eigenvalue weighted by molar-refractivity contribution is 0.120. The molecule has 0 heterocycles. The fraction of sp³-hybridized carbons (Fsp3) is 0.429. The van der Waals surface area contributed by atoms with E-state index in [1.54, 1.807) is 0 Å². The van der Waals surface area contributed by atoms with Crippen molar-refractivity contribution in [1.82, 2.24) is 0 Å². The van der Waals surface area contributed by atoms with Gasteiger partial charge in [-0.25, -0.2) is 0 Å². The lowest BCUT2D eigenvalue weighted by Gasteiger charge is -2.21. The van der Waals surface area contributed by atoms with Crippen molar-refractivity contribution in [2.24, 2.45) is 11.8 Å². The molecule has 0 amide bonds. The van der Waals surface area contributed by atoms with E-state index >= 15 is 0 Å². The molecule has 0 aliphatic carbocycles. The van der Waals surface area contributed by atoms with Crippen molar-refractivity contribution in [2.45, 2.75) is 26.4 Å². The van der Waals surface area contributed by atoms with Crippen LogP contribution in [0.25, 0.3) is 0 Å². The molecule has 0 bridgehead atoms. The highest BCUT2D eigenvalue weighted by Gasteiger charge is 2.18. The van der Waals surface area contributed by atoms with Gasteiger partial charge in [-0.05, 0) is 17.9 Å². The van der Waals surface area contributed by atoms with Crippen LogP contribution in [0.4, 0.5) is 0 Å². The van der Waals surface area contributed by atoms with E-state index < -0.39 is 6.10 Å². The Kier molecular flexibility index (Phi) is 4.57. The summed E-state index contributed by atoms with van der Waals surface area (Å²) in [7, 11) is 0. The van der Waals surface area contributed by atoms with Crippen molar-refractivity contribution in [3.05, 3.63) is 48.6 Å². The predicted octanol–water partition coefficient (Wildman–Crippen LogP) is 3.57. The molecule has 1 rings (SSSR count). The monoisotopic (exact) mass is 204 g/mol. The molecule has 1 aromatic rings. The minimum atomic E-state index is -0.425. The molecule has 0 aliphatic rings. The number of rotatable bonds is 5. The summed E-state index contributed by atoms with van der Waals surface area (Å²) in [6, 6.07) is 9.78. The van der Waals surface area contributed by atoms with Gasteiger partial charge in [-0.2, -0.15) is 0 Å². The van der Waals surface area contributed by atoms with Crippen LogP contribution in [0.2, 0.25) is 0 Å². The molecule has 0 saturated carbocycles. The van der Waals surface area contributed by atoms with Gasteiger partial charge in [0.2, 0.25) is 0 Å². The predicted molar refractivity (Wildman–Crippen MR) is 64.5 cm³/mol. The molecule has 1 aromatic carbocycles. The fourth-order valence-corrected chi connectivity index (χ4v) is 1.80. The van der Waals surface area contributed by atoms with Gasteiger partial charge in [-0.3, -0.25) is 0 Å². The van der Waals surface area contributed by atoms with Crippen molar-refractivity contribution < 1.29 is 5.11 Å². The summed E-state index contributed by atoms with van der Waals surface area (Å²) in [5, 5.41) is 10.2. The molecule has 0 aromatic heterocycles. The summed E-state index contributed by atoms with van der Waals surface area (Å²) in [6.07, 6.45) is 2.41. The third-order valence-corrected chi connectivity index (χ3v) is 2.59. The third-order valence-electron chi connectivity index (χ3n) is 2.59. The zero-order valence-electron chi connectivity index (χ0n) is 9.56. The standard InChI is InChI=1S/C14H20O/c1-4-12(10-11(2)3)14(15)13-8-6-5-7-9-13/h4-9,11-12,14-15H,1,10H2,2-3H3/t12-,14+/m0/s1. The van der Waals surface area contributed by atoms with Crippen molar-refractivity contribution >= 4 is 0 Å². The molecule has 0 radical (unpaired) electrons. The average Bonchev–Trinajstić information content (AvgIpc) is 2.26. The first-order valence-corrected chi connectivity index (χ1v) is 5.50. The van der Waals surface area contributed by atoms with Crippen LogP contribution < -0.4 is 0 Å². The summed E-state index contributed by atoms with van der Waals surface area (Å²) >= 11 is 0. The number of benzene rings is 1. The summed E-state index contributed by atoms with van der Waals surface area (Å²) < 4.78 is 0. The van der Waals surface area contributed by atoms with Crippen LogP contribution in [0.1, 0.15) is 31.9 Å². The van der Waals surface area contributed by atoms with E-state index in [-0.39, 0.29) is 5.92 Å². The Bertz CT molecular complexity index is 289. The Labute approximate surface area is 92.5 Å². The van der Waals surface area contributed by atoms with E-state index in [9.17, 15) is 5.11 Å². The molecule has 0 spiro atoms. The summed E-state index contributed by atoms with van der Waals surface area (Å²) in [5.41, 5.74) is 0.975. The van der Waals surface area contributed by atoms with Crippen LogP contribution in [0.3, 0.4) is 0 Å². The van der Waals surface area contributed by atoms with Crippen LogP contribution >= 0.6 is 0 Å². The van der Waals surface area contributed by atoms with Gasteiger partial charge in [0.25, 0.3) is 0 Å². The molecule has 0 saturated heterocycles. The minimum Gasteiger partial charge on any atom is -0.388 e. The van der Waals surface area contributed by atoms with Gasteiger partial charge in [-0.15, -0.1) is 6.58 Å². The Morgan fingerprint density at radius 3 is 2.33 bits per heavy atom. The van der Waals surface area contributed by atoms with Gasteiger partial charge in [0, 0.05) is 5.92 Å². The minimum absolute atomic E-state index is 0.146. The maximum absolute atomic E-state index is 10.2. The molecule has 0 unspecified atom stereocenters. The van der Waals surface area contributed by atoms with E-state index in [2.05, 4.69) is 20.4 Å². The molecule has 1 N–H and O–H groups in total. The number of aliphatic hydroxyl groups excluding tert-OH is 1. The van der Waals surface area contributed by atoms with Crippen molar-refractivity contribution in [3.63, 3.8) is 0 Å². The topological polar surface area (TPSA) is 20.2 Å². The molecule has 1 heteroatoms.